The third-order valence-electron chi connectivity index (χ3n) is 2.53. The van der Waals surface area contributed by atoms with Gasteiger partial charge in [-0.25, -0.2) is 9.78 Å². The first-order chi connectivity index (χ1) is 9.13. The Bertz CT molecular complexity index is 713. The molecule has 5 nitrogen and oxygen atoms in total. The predicted octanol–water partition coefficient (Wildman–Crippen LogP) is 3.04. The lowest BCUT2D eigenvalue weighted by Gasteiger charge is -2.02. The van der Waals surface area contributed by atoms with Gasteiger partial charge in [-0.15, -0.1) is 22.7 Å². The second kappa shape index (κ2) is 4.67. The monoisotopic (exact) mass is 294 g/mol. The average molecular weight is 294 g/mol. The summed E-state index contributed by atoms with van der Waals surface area (Å²) in [6, 6.07) is 1.74. The van der Waals surface area contributed by atoms with E-state index in [-0.39, 0.29) is 11.5 Å². The molecular weight excluding hydrogens is 284 g/mol. The van der Waals surface area contributed by atoms with Crippen LogP contribution in [0.2, 0.25) is 0 Å². The minimum Gasteiger partial charge on any atom is -0.485 e. The maximum Gasteiger partial charge on any atom is 0.349 e. The second-order valence-electron chi connectivity index (χ2n) is 3.97. The number of carboxylic acids is 1. The number of nitrogens with zero attached hydrogens (tertiary/aromatic N) is 2. The fourth-order valence-electron chi connectivity index (χ4n) is 1.74. The van der Waals surface area contributed by atoms with E-state index in [0.29, 0.717) is 5.75 Å². The molecule has 19 heavy (non-hydrogen) atoms. The lowest BCUT2D eigenvalue weighted by atomic mass is 10.4. The van der Waals surface area contributed by atoms with E-state index in [9.17, 15) is 4.79 Å². The van der Waals surface area contributed by atoms with E-state index in [1.54, 1.807) is 17.4 Å². The highest BCUT2D eigenvalue weighted by Crippen LogP contribution is 2.29. The Balaban J connectivity index is 1.78. The molecule has 3 aromatic heterocycles. The molecule has 0 aliphatic heterocycles. The van der Waals surface area contributed by atoms with E-state index in [4.69, 9.17) is 9.84 Å². The molecule has 7 heteroatoms. The molecule has 3 rings (SSSR count). The third-order valence-corrected chi connectivity index (χ3v) is 4.32. The van der Waals surface area contributed by atoms with Crippen LogP contribution in [0.3, 0.4) is 0 Å². The number of carboxylic acid groups (broad SMARTS) is 1. The SMILES string of the molecule is Cc1cc(OCc2cn3ccsc3n2)c(C(=O)O)s1. The number of hydrogen-bond acceptors (Lipinski definition) is 5. The number of hydrogen-bond donors (Lipinski definition) is 1. The maximum absolute atomic E-state index is 11.1. The molecule has 0 amide bonds. The summed E-state index contributed by atoms with van der Waals surface area (Å²) in [4.78, 5) is 17.5. The molecule has 3 heterocycles. The molecule has 0 spiro atoms. The highest BCUT2D eigenvalue weighted by Gasteiger charge is 2.15. The van der Waals surface area contributed by atoms with Crippen molar-refractivity contribution in [3.8, 4) is 5.75 Å². The van der Waals surface area contributed by atoms with E-state index in [2.05, 4.69) is 4.98 Å². The van der Waals surface area contributed by atoms with Crippen molar-refractivity contribution in [3.05, 3.63) is 39.3 Å². The summed E-state index contributed by atoms with van der Waals surface area (Å²) in [6.45, 7) is 2.13. The molecular formula is C12H10N2O3S2. The van der Waals surface area contributed by atoms with Gasteiger partial charge < -0.3 is 9.84 Å². The van der Waals surface area contributed by atoms with Crippen molar-refractivity contribution < 1.29 is 14.6 Å². The zero-order valence-electron chi connectivity index (χ0n) is 9.99. The van der Waals surface area contributed by atoms with Gasteiger partial charge in [-0.1, -0.05) is 0 Å². The maximum atomic E-state index is 11.1. The molecule has 0 bridgehead atoms. The highest BCUT2D eigenvalue weighted by atomic mass is 32.1. The van der Waals surface area contributed by atoms with E-state index < -0.39 is 5.97 Å². The van der Waals surface area contributed by atoms with Crippen molar-refractivity contribution >= 4 is 33.6 Å². The number of thiazole rings is 1. The van der Waals surface area contributed by atoms with Gasteiger partial charge in [0.05, 0.1) is 5.69 Å². The van der Waals surface area contributed by atoms with Crippen LogP contribution in [0.15, 0.2) is 23.8 Å². The molecule has 98 valence electrons. The summed E-state index contributed by atoms with van der Waals surface area (Å²) in [5.41, 5.74) is 0.784. The van der Waals surface area contributed by atoms with Gasteiger partial charge in [-0.3, -0.25) is 4.40 Å². The minimum absolute atomic E-state index is 0.235. The lowest BCUT2D eigenvalue weighted by Crippen LogP contribution is -2.00. The van der Waals surface area contributed by atoms with Crippen molar-refractivity contribution in [1.82, 2.24) is 9.38 Å². The molecule has 0 radical (unpaired) electrons. The molecule has 0 unspecified atom stereocenters. The summed E-state index contributed by atoms with van der Waals surface area (Å²) in [5.74, 6) is -0.551. The Morgan fingerprint density at radius 1 is 1.58 bits per heavy atom. The third kappa shape index (κ3) is 2.34. The van der Waals surface area contributed by atoms with Gasteiger partial charge in [-0.05, 0) is 13.0 Å². The summed E-state index contributed by atoms with van der Waals surface area (Å²) in [7, 11) is 0. The topological polar surface area (TPSA) is 63.8 Å². The van der Waals surface area contributed by atoms with Crippen molar-refractivity contribution in [2.24, 2.45) is 0 Å². The molecule has 0 aromatic carbocycles. The molecule has 1 N–H and O–H groups in total. The number of imidazole rings is 1. The lowest BCUT2D eigenvalue weighted by molar-refractivity contribution is 0.0697. The van der Waals surface area contributed by atoms with Gasteiger partial charge in [-0.2, -0.15) is 0 Å². The number of carbonyl (C=O) groups is 1. The van der Waals surface area contributed by atoms with E-state index in [1.807, 2.05) is 29.1 Å². The fourth-order valence-corrected chi connectivity index (χ4v) is 3.26. The number of aromatic nitrogens is 2. The van der Waals surface area contributed by atoms with Crippen LogP contribution in [0.1, 0.15) is 20.2 Å². The molecule has 0 aliphatic carbocycles. The first-order valence-electron chi connectivity index (χ1n) is 5.51. The predicted molar refractivity (Wildman–Crippen MR) is 73.4 cm³/mol. The second-order valence-corrected chi connectivity index (χ2v) is 6.10. The smallest absolute Gasteiger partial charge is 0.349 e. The van der Waals surface area contributed by atoms with Gasteiger partial charge >= 0.3 is 5.97 Å². The molecule has 0 aliphatic rings. The summed E-state index contributed by atoms with van der Waals surface area (Å²) in [5, 5.41) is 11.0. The zero-order chi connectivity index (χ0) is 13.4. The summed E-state index contributed by atoms with van der Waals surface area (Å²) >= 11 is 2.76. The summed E-state index contributed by atoms with van der Waals surface area (Å²) in [6.07, 6.45) is 3.80. The van der Waals surface area contributed by atoms with Crippen molar-refractivity contribution in [2.45, 2.75) is 13.5 Å². The van der Waals surface area contributed by atoms with Crippen LogP contribution in [0.4, 0.5) is 0 Å². The molecule has 0 fully saturated rings. The first-order valence-corrected chi connectivity index (χ1v) is 7.20. The van der Waals surface area contributed by atoms with Crippen LogP contribution in [0.25, 0.3) is 4.96 Å². The zero-order valence-corrected chi connectivity index (χ0v) is 11.6. The largest absolute Gasteiger partial charge is 0.485 e. The average Bonchev–Trinajstić information content (AvgIpc) is 2.99. The number of aromatic carboxylic acids is 1. The number of ether oxygens (including phenoxy) is 1. The van der Waals surface area contributed by atoms with Crippen LogP contribution in [0, 0.1) is 6.92 Å². The van der Waals surface area contributed by atoms with Crippen LogP contribution in [-0.4, -0.2) is 20.5 Å². The Morgan fingerprint density at radius 3 is 3.16 bits per heavy atom. The first kappa shape index (κ1) is 12.2. The fraction of sp³-hybridized carbons (Fsp3) is 0.167. The Hall–Kier alpha value is -1.86. The van der Waals surface area contributed by atoms with Crippen molar-refractivity contribution in [1.29, 1.82) is 0 Å². The molecule has 0 saturated carbocycles. The van der Waals surface area contributed by atoms with Crippen LogP contribution >= 0.6 is 22.7 Å². The molecule has 3 aromatic rings. The Labute approximate surface area is 116 Å². The van der Waals surface area contributed by atoms with Gasteiger partial charge in [0.2, 0.25) is 0 Å². The molecule has 0 saturated heterocycles. The van der Waals surface area contributed by atoms with E-state index in [1.165, 1.54) is 11.3 Å². The van der Waals surface area contributed by atoms with Gasteiger partial charge in [0.15, 0.2) is 9.84 Å². The number of fused-ring (bicyclic) bond motifs is 1. The van der Waals surface area contributed by atoms with E-state index in [0.717, 1.165) is 15.5 Å². The number of rotatable bonds is 4. The standard InChI is InChI=1S/C12H10N2O3S2/c1-7-4-9(10(19-7)11(15)16)17-6-8-5-14-2-3-18-12(14)13-8/h2-5H,6H2,1H3,(H,15,16). The number of thiophene rings is 1. The van der Waals surface area contributed by atoms with Gasteiger partial charge in [0.25, 0.3) is 0 Å². The molecule has 0 atom stereocenters. The van der Waals surface area contributed by atoms with Crippen LogP contribution < -0.4 is 4.74 Å². The number of aryl methyl sites for hydroxylation is 1. The highest BCUT2D eigenvalue weighted by molar-refractivity contribution is 7.15. The van der Waals surface area contributed by atoms with Crippen LogP contribution in [0.5, 0.6) is 5.75 Å². The van der Waals surface area contributed by atoms with Crippen LogP contribution in [-0.2, 0) is 6.61 Å². The van der Waals surface area contributed by atoms with Crippen molar-refractivity contribution in [2.75, 3.05) is 0 Å². The Kier molecular flexibility index (Phi) is 3.00. The Morgan fingerprint density at radius 2 is 2.42 bits per heavy atom. The van der Waals surface area contributed by atoms with Crippen molar-refractivity contribution in [3.63, 3.8) is 0 Å². The minimum atomic E-state index is -0.959. The summed E-state index contributed by atoms with van der Waals surface area (Å²) < 4.78 is 7.48. The van der Waals surface area contributed by atoms with Gasteiger partial charge in [0, 0.05) is 22.7 Å². The van der Waals surface area contributed by atoms with E-state index >= 15 is 0 Å². The quantitative estimate of drug-likeness (QED) is 0.803. The normalized spacial score (nSPS) is 11.0. The van der Waals surface area contributed by atoms with Gasteiger partial charge in [0.1, 0.15) is 12.4 Å².